The Bertz CT molecular complexity index is 926. The van der Waals surface area contributed by atoms with Gasteiger partial charge in [-0.05, 0) is 44.5 Å². The molecule has 4 nitrogen and oxygen atoms in total. The molecule has 0 saturated heterocycles. The van der Waals surface area contributed by atoms with Crippen LogP contribution in [0.5, 0.6) is 11.5 Å². The van der Waals surface area contributed by atoms with E-state index in [0.717, 1.165) is 45.9 Å². The molecule has 2 aliphatic heterocycles. The summed E-state index contributed by atoms with van der Waals surface area (Å²) in [7, 11) is 0. The summed E-state index contributed by atoms with van der Waals surface area (Å²) in [6.45, 7) is 10.7. The van der Waals surface area contributed by atoms with Crippen LogP contribution in [0, 0.1) is 5.21 Å². The monoisotopic (exact) mass is 365 g/mol. The van der Waals surface area contributed by atoms with Crippen LogP contribution in [0.25, 0.3) is 0 Å². The van der Waals surface area contributed by atoms with Gasteiger partial charge in [0.2, 0.25) is 5.71 Å². The first-order valence-corrected chi connectivity index (χ1v) is 9.64. The Morgan fingerprint density at radius 3 is 2.48 bits per heavy atom. The predicted octanol–water partition coefficient (Wildman–Crippen LogP) is 4.48. The topological polar surface area (TPSA) is 44.5 Å². The van der Waals surface area contributed by atoms with Gasteiger partial charge in [-0.2, -0.15) is 4.74 Å². The van der Waals surface area contributed by atoms with E-state index in [1.807, 2.05) is 51.1 Å². The first-order chi connectivity index (χ1) is 12.7. The summed E-state index contributed by atoms with van der Waals surface area (Å²) in [5.41, 5.74) is 4.13. The van der Waals surface area contributed by atoms with Crippen LogP contribution in [0.15, 0.2) is 36.4 Å². The Morgan fingerprint density at radius 2 is 1.81 bits per heavy atom. The highest BCUT2D eigenvalue weighted by Gasteiger charge is 2.44. The van der Waals surface area contributed by atoms with Gasteiger partial charge in [-0.1, -0.05) is 18.2 Å². The average Bonchev–Trinajstić information content (AvgIpc) is 2.93. The van der Waals surface area contributed by atoms with Crippen molar-refractivity contribution in [1.29, 1.82) is 0 Å². The van der Waals surface area contributed by atoms with Crippen molar-refractivity contribution >= 4 is 5.71 Å². The molecule has 27 heavy (non-hydrogen) atoms. The van der Waals surface area contributed by atoms with Crippen molar-refractivity contribution in [2.24, 2.45) is 0 Å². The van der Waals surface area contributed by atoms with E-state index >= 15 is 0 Å². The number of hydrogen-bond donors (Lipinski definition) is 0. The molecule has 0 radical (unpaired) electrons. The third kappa shape index (κ3) is 2.88. The van der Waals surface area contributed by atoms with E-state index in [9.17, 15) is 5.21 Å². The van der Waals surface area contributed by atoms with E-state index in [2.05, 4.69) is 19.9 Å². The van der Waals surface area contributed by atoms with Gasteiger partial charge in [-0.3, -0.25) is 0 Å². The minimum Gasteiger partial charge on any atom is -0.623 e. The molecule has 2 heterocycles. The van der Waals surface area contributed by atoms with Crippen molar-refractivity contribution in [2.75, 3.05) is 6.61 Å². The zero-order valence-corrected chi connectivity index (χ0v) is 16.8. The zero-order valence-electron chi connectivity index (χ0n) is 16.8. The van der Waals surface area contributed by atoms with E-state index in [4.69, 9.17) is 9.47 Å². The Hall–Kier alpha value is -2.49. The molecule has 0 amide bonds. The molecular weight excluding hydrogens is 338 g/mol. The fourth-order valence-corrected chi connectivity index (χ4v) is 4.27. The maximum Gasteiger partial charge on any atom is 0.226 e. The maximum absolute atomic E-state index is 13.4. The number of ether oxygens (including phenoxy) is 2. The molecule has 2 aliphatic rings. The maximum atomic E-state index is 13.4. The summed E-state index contributed by atoms with van der Waals surface area (Å²) in [5.74, 6) is 1.58. The van der Waals surface area contributed by atoms with Crippen molar-refractivity contribution in [3.8, 4) is 11.5 Å². The zero-order chi connectivity index (χ0) is 19.4. The summed E-state index contributed by atoms with van der Waals surface area (Å²) in [6, 6.07) is 12.0. The van der Waals surface area contributed by atoms with Crippen LogP contribution in [0.4, 0.5) is 0 Å². The van der Waals surface area contributed by atoms with Crippen LogP contribution in [-0.4, -0.2) is 28.2 Å². The van der Waals surface area contributed by atoms with Gasteiger partial charge < -0.3 is 14.7 Å². The average molecular weight is 365 g/mol. The van der Waals surface area contributed by atoms with Crippen molar-refractivity contribution in [3.63, 3.8) is 0 Å². The van der Waals surface area contributed by atoms with Crippen molar-refractivity contribution in [2.45, 2.75) is 58.6 Å². The fraction of sp³-hybridized carbons (Fsp3) is 0.435. The lowest BCUT2D eigenvalue weighted by molar-refractivity contribution is -0.541. The molecular formula is C23H27NO3. The lowest BCUT2D eigenvalue weighted by Crippen LogP contribution is -2.44. The molecule has 0 atom stereocenters. The van der Waals surface area contributed by atoms with E-state index in [1.165, 1.54) is 4.74 Å². The molecule has 142 valence electrons. The standard InChI is InChI=1S/C23H27NO3/c1-6-26-18-12-16-13-22(2,3)24(25)20(15-10-8-7-9-11-15)19(16)17-14-23(4,5)27-21(17)18/h7-12H,6,13-14H2,1-5H3. The summed E-state index contributed by atoms with van der Waals surface area (Å²) in [4.78, 5) is 0. The Kier molecular flexibility index (Phi) is 3.99. The molecule has 4 heteroatoms. The summed E-state index contributed by atoms with van der Waals surface area (Å²) in [5, 5.41) is 13.4. The number of hydrogen-bond acceptors (Lipinski definition) is 3. The van der Waals surface area contributed by atoms with Crippen molar-refractivity contribution in [1.82, 2.24) is 0 Å². The van der Waals surface area contributed by atoms with Gasteiger partial charge in [0.05, 0.1) is 12.2 Å². The van der Waals surface area contributed by atoms with Crippen LogP contribution in [0.3, 0.4) is 0 Å². The van der Waals surface area contributed by atoms with Crippen LogP contribution < -0.4 is 9.47 Å². The number of nitrogens with zero attached hydrogens (tertiary/aromatic N) is 1. The molecule has 0 aromatic heterocycles. The number of rotatable bonds is 3. The third-order valence-electron chi connectivity index (χ3n) is 5.37. The molecule has 0 N–H and O–H groups in total. The van der Waals surface area contributed by atoms with Crippen LogP contribution in [-0.2, 0) is 12.8 Å². The smallest absolute Gasteiger partial charge is 0.226 e. The van der Waals surface area contributed by atoms with Gasteiger partial charge in [-0.25, -0.2) is 0 Å². The van der Waals surface area contributed by atoms with E-state index in [0.29, 0.717) is 13.0 Å². The molecule has 4 rings (SSSR count). The summed E-state index contributed by atoms with van der Waals surface area (Å²) < 4.78 is 13.4. The molecule has 2 aromatic rings. The number of hydroxylamine groups is 1. The summed E-state index contributed by atoms with van der Waals surface area (Å²) in [6.07, 6.45) is 1.44. The van der Waals surface area contributed by atoms with Crippen molar-refractivity contribution < 1.29 is 14.2 Å². The second-order valence-corrected chi connectivity index (χ2v) is 8.69. The lowest BCUT2D eigenvalue weighted by atomic mass is 9.80. The molecule has 0 spiro atoms. The first kappa shape index (κ1) is 17.9. The van der Waals surface area contributed by atoms with Gasteiger partial charge in [0.1, 0.15) is 5.60 Å². The van der Waals surface area contributed by atoms with Crippen LogP contribution in [0.2, 0.25) is 0 Å². The highest BCUT2D eigenvalue weighted by molar-refractivity contribution is 6.12. The first-order valence-electron chi connectivity index (χ1n) is 9.64. The molecule has 0 saturated carbocycles. The third-order valence-corrected chi connectivity index (χ3v) is 5.37. The van der Waals surface area contributed by atoms with Crippen molar-refractivity contribution in [3.05, 3.63) is 63.9 Å². The Morgan fingerprint density at radius 1 is 1.11 bits per heavy atom. The van der Waals surface area contributed by atoms with E-state index in [-0.39, 0.29) is 5.60 Å². The van der Waals surface area contributed by atoms with Gasteiger partial charge >= 0.3 is 0 Å². The Labute approximate surface area is 161 Å². The van der Waals surface area contributed by atoms with Crippen LogP contribution >= 0.6 is 0 Å². The fourth-order valence-electron chi connectivity index (χ4n) is 4.27. The normalized spacial score (nSPS) is 19.3. The molecule has 0 aliphatic carbocycles. The largest absolute Gasteiger partial charge is 0.623 e. The highest BCUT2D eigenvalue weighted by atomic mass is 16.5. The SMILES string of the molecule is CCOc1cc2c(c3c1OC(C)(C)C3)C(c1ccccc1)=[N+]([O-])C(C)(C)C2. The molecule has 2 aromatic carbocycles. The number of fused-ring (bicyclic) bond motifs is 3. The predicted molar refractivity (Wildman–Crippen MR) is 107 cm³/mol. The van der Waals surface area contributed by atoms with Gasteiger partial charge in [0.25, 0.3) is 0 Å². The second kappa shape index (κ2) is 6.01. The van der Waals surface area contributed by atoms with Gasteiger partial charge in [0.15, 0.2) is 17.0 Å². The minimum absolute atomic E-state index is 0.314. The Balaban J connectivity index is 2.03. The van der Waals surface area contributed by atoms with Gasteiger partial charge in [-0.15, -0.1) is 0 Å². The molecule has 0 fully saturated rings. The van der Waals surface area contributed by atoms with E-state index < -0.39 is 5.54 Å². The number of benzene rings is 2. The van der Waals surface area contributed by atoms with Gasteiger partial charge in [0, 0.05) is 37.8 Å². The minimum atomic E-state index is -0.523. The van der Waals surface area contributed by atoms with Crippen LogP contribution in [0.1, 0.15) is 56.9 Å². The molecule has 0 bridgehead atoms. The molecule has 0 unspecified atom stereocenters. The highest BCUT2D eigenvalue weighted by Crippen LogP contribution is 2.47. The lowest BCUT2D eigenvalue weighted by Gasteiger charge is -2.33. The second-order valence-electron chi connectivity index (χ2n) is 8.69. The van der Waals surface area contributed by atoms with E-state index in [1.54, 1.807) is 0 Å². The summed E-state index contributed by atoms with van der Waals surface area (Å²) >= 11 is 0. The quantitative estimate of drug-likeness (QED) is 0.595.